The predicted octanol–water partition coefficient (Wildman–Crippen LogP) is 2.86. The van der Waals surface area contributed by atoms with E-state index in [0.717, 1.165) is 12.8 Å². The predicted molar refractivity (Wildman–Crippen MR) is 62.5 cm³/mol. The van der Waals surface area contributed by atoms with Gasteiger partial charge in [0.1, 0.15) is 11.6 Å². The highest BCUT2D eigenvalue weighted by Gasteiger charge is 2.06. The number of ether oxygens (including phenoxy) is 2. The van der Waals surface area contributed by atoms with Gasteiger partial charge in [-0.15, -0.1) is 0 Å². The molecule has 94 valence electrons. The van der Waals surface area contributed by atoms with Crippen molar-refractivity contribution >= 4 is 5.97 Å². The van der Waals surface area contributed by atoms with Crippen molar-refractivity contribution in [2.45, 2.75) is 26.7 Å². The zero-order chi connectivity index (χ0) is 12.7. The van der Waals surface area contributed by atoms with Gasteiger partial charge < -0.3 is 9.47 Å². The molecule has 0 spiro atoms. The Balaban J connectivity index is 2.37. The van der Waals surface area contributed by atoms with E-state index in [2.05, 4.69) is 0 Å². The van der Waals surface area contributed by atoms with Crippen LogP contribution in [0.25, 0.3) is 0 Å². The first kappa shape index (κ1) is 13.5. The lowest BCUT2D eigenvalue weighted by molar-refractivity contribution is -0.146. The van der Waals surface area contributed by atoms with E-state index in [0.29, 0.717) is 17.9 Å². The van der Waals surface area contributed by atoms with E-state index in [1.807, 2.05) is 6.92 Å². The van der Waals surface area contributed by atoms with Crippen LogP contribution in [0.2, 0.25) is 0 Å². The summed E-state index contributed by atoms with van der Waals surface area (Å²) in [7, 11) is 0. The van der Waals surface area contributed by atoms with Crippen LogP contribution in [0.15, 0.2) is 18.2 Å². The Morgan fingerprint density at radius 3 is 2.82 bits per heavy atom. The van der Waals surface area contributed by atoms with Crippen molar-refractivity contribution in [2.75, 3.05) is 13.2 Å². The number of hydrogen-bond donors (Lipinski definition) is 0. The summed E-state index contributed by atoms with van der Waals surface area (Å²) in [5, 5.41) is 0. The number of esters is 1. The molecule has 3 nitrogen and oxygen atoms in total. The fraction of sp³-hybridized carbons (Fsp3) is 0.462. The summed E-state index contributed by atoms with van der Waals surface area (Å²) >= 11 is 0. The van der Waals surface area contributed by atoms with Crippen molar-refractivity contribution in [3.63, 3.8) is 0 Å². The smallest absolute Gasteiger partial charge is 0.344 e. The maximum absolute atomic E-state index is 12.8. The second-order valence-electron chi connectivity index (χ2n) is 3.77. The van der Waals surface area contributed by atoms with Crippen LogP contribution < -0.4 is 4.74 Å². The maximum atomic E-state index is 12.8. The van der Waals surface area contributed by atoms with Gasteiger partial charge in [0.15, 0.2) is 6.61 Å². The Labute approximate surface area is 101 Å². The van der Waals surface area contributed by atoms with Crippen LogP contribution in [0.3, 0.4) is 0 Å². The number of rotatable bonds is 6. The third-order valence-corrected chi connectivity index (χ3v) is 2.24. The number of unbranched alkanes of at least 4 members (excludes halogenated alkanes) is 1. The third kappa shape index (κ3) is 4.85. The molecule has 1 aromatic carbocycles. The minimum absolute atomic E-state index is 0.143. The molecule has 0 radical (unpaired) electrons. The maximum Gasteiger partial charge on any atom is 0.344 e. The molecule has 0 aromatic heterocycles. The van der Waals surface area contributed by atoms with E-state index in [1.54, 1.807) is 6.92 Å². The Kier molecular flexibility index (Phi) is 5.46. The first-order chi connectivity index (χ1) is 8.13. The van der Waals surface area contributed by atoms with Crippen LogP contribution >= 0.6 is 0 Å². The molecule has 0 bridgehead atoms. The summed E-state index contributed by atoms with van der Waals surface area (Å²) in [6, 6.07) is 4.16. The zero-order valence-electron chi connectivity index (χ0n) is 10.2. The molecule has 0 unspecified atom stereocenters. The molecule has 0 saturated heterocycles. The van der Waals surface area contributed by atoms with Gasteiger partial charge in [-0.2, -0.15) is 0 Å². The lowest BCUT2D eigenvalue weighted by atomic mass is 10.2. The van der Waals surface area contributed by atoms with Gasteiger partial charge in [0.2, 0.25) is 0 Å². The van der Waals surface area contributed by atoms with Crippen molar-refractivity contribution in [2.24, 2.45) is 0 Å². The largest absolute Gasteiger partial charge is 0.482 e. The highest BCUT2D eigenvalue weighted by molar-refractivity contribution is 5.71. The molecule has 0 aliphatic heterocycles. The Bertz CT molecular complexity index is 377. The molecule has 0 atom stereocenters. The summed E-state index contributed by atoms with van der Waals surface area (Å²) in [6.45, 7) is 4.02. The van der Waals surface area contributed by atoms with E-state index in [1.165, 1.54) is 18.2 Å². The van der Waals surface area contributed by atoms with E-state index in [-0.39, 0.29) is 12.4 Å². The van der Waals surface area contributed by atoms with Gasteiger partial charge >= 0.3 is 5.97 Å². The van der Waals surface area contributed by atoms with Crippen molar-refractivity contribution in [3.8, 4) is 5.75 Å². The lowest BCUT2D eigenvalue weighted by Crippen LogP contribution is -2.15. The normalized spacial score (nSPS) is 10.1. The van der Waals surface area contributed by atoms with Crippen molar-refractivity contribution in [3.05, 3.63) is 29.6 Å². The van der Waals surface area contributed by atoms with E-state index < -0.39 is 5.97 Å². The molecule has 4 heteroatoms. The number of hydrogen-bond acceptors (Lipinski definition) is 3. The Morgan fingerprint density at radius 2 is 2.18 bits per heavy atom. The average Bonchev–Trinajstić information content (AvgIpc) is 2.28. The molecule has 17 heavy (non-hydrogen) atoms. The minimum atomic E-state index is -0.401. The first-order valence-corrected chi connectivity index (χ1v) is 5.68. The molecule has 0 amide bonds. The second-order valence-corrected chi connectivity index (χ2v) is 3.77. The summed E-state index contributed by atoms with van der Waals surface area (Å²) in [6.07, 6.45) is 1.83. The highest BCUT2D eigenvalue weighted by atomic mass is 19.1. The van der Waals surface area contributed by atoms with Crippen LogP contribution in [-0.4, -0.2) is 19.2 Å². The molecular formula is C13H17FO3. The number of carbonyl (C=O) groups excluding carboxylic acids is 1. The molecule has 1 rings (SSSR count). The van der Waals surface area contributed by atoms with Crippen molar-refractivity contribution in [1.29, 1.82) is 0 Å². The molecule has 0 aliphatic rings. The van der Waals surface area contributed by atoms with Crippen LogP contribution in [0.1, 0.15) is 25.3 Å². The van der Waals surface area contributed by atoms with Gasteiger partial charge in [-0.1, -0.05) is 13.3 Å². The van der Waals surface area contributed by atoms with Gasteiger partial charge in [-0.25, -0.2) is 9.18 Å². The van der Waals surface area contributed by atoms with Gasteiger partial charge in [0.25, 0.3) is 0 Å². The molecule has 0 N–H and O–H groups in total. The monoisotopic (exact) mass is 240 g/mol. The van der Waals surface area contributed by atoms with Gasteiger partial charge in [-0.05, 0) is 37.1 Å². The van der Waals surface area contributed by atoms with Gasteiger partial charge in [0, 0.05) is 0 Å². The molecule has 0 fully saturated rings. The SMILES string of the molecule is CCCCOC(=O)COc1ccc(F)cc1C. The number of aryl methyl sites for hydroxylation is 1. The zero-order valence-corrected chi connectivity index (χ0v) is 10.2. The fourth-order valence-electron chi connectivity index (χ4n) is 1.28. The van der Waals surface area contributed by atoms with Gasteiger partial charge in [0.05, 0.1) is 6.61 Å². The Hall–Kier alpha value is -1.58. The average molecular weight is 240 g/mol. The van der Waals surface area contributed by atoms with E-state index in [9.17, 15) is 9.18 Å². The number of carbonyl (C=O) groups is 1. The highest BCUT2D eigenvalue weighted by Crippen LogP contribution is 2.18. The van der Waals surface area contributed by atoms with Gasteiger partial charge in [-0.3, -0.25) is 0 Å². The first-order valence-electron chi connectivity index (χ1n) is 5.68. The van der Waals surface area contributed by atoms with E-state index in [4.69, 9.17) is 9.47 Å². The minimum Gasteiger partial charge on any atom is -0.482 e. The summed E-state index contributed by atoms with van der Waals surface area (Å²) in [4.78, 5) is 11.2. The number of halogens is 1. The molecule has 0 aliphatic carbocycles. The lowest BCUT2D eigenvalue weighted by Gasteiger charge is -2.08. The number of benzene rings is 1. The molecular weight excluding hydrogens is 223 g/mol. The molecule has 1 aromatic rings. The third-order valence-electron chi connectivity index (χ3n) is 2.24. The molecule has 0 saturated carbocycles. The summed E-state index contributed by atoms with van der Waals surface area (Å²) in [5.41, 5.74) is 0.659. The standard InChI is InChI=1S/C13H17FO3/c1-3-4-7-16-13(15)9-17-12-6-5-11(14)8-10(12)2/h5-6,8H,3-4,7,9H2,1-2H3. The summed E-state index contributed by atoms with van der Waals surface area (Å²) < 4.78 is 23.0. The summed E-state index contributed by atoms with van der Waals surface area (Å²) in [5.74, 6) is -0.221. The van der Waals surface area contributed by atoms with Crippen molar-refractivity contribution < 1.29 is 18.7 Å². The topological polar surface area (TPSA) is 35.5 Å². The van der Waals surface area contributed by atoms with Crippen LogP contribution in [-0.2, 0) is 9.53 Å². The second kappa shape index (κ2) is 6.89. The molecule has 0 heterocycles. The van der Waals surface area contributed by atoms with Crippen LogP contribution in [0.4, 0.5) is 4.39 Å². The van der Waals surface area contributed by atoms with E-state index >= 15 is 0 Å². The van der Waals surface area contributed by atoms with Crippen LogP contribution in [0.5, 0.6) is 5.75 Å². The Morgan fingerprint density at radius 1 is 1.41 bits per heavy atom. The fourth-order valence-corrected chi connectivity index (χ4v) is 1.28. The van der Waals surface area contributed by atoms with Crippen molar-refractivity contribution in [1.82, 2.24) is 0 Å². The van der Waals surface area contributed by atoms with Crippen LogP contribution in [0, 0.1) is 12.7 Å². The quantitative estimate of drug-likeness (QED) is 0.566.